The number of aliphatic hydroxyl groups excluding tert-OH is 1. The van der Waals surface area contributed by atoms with Crippen molar-refractivity contribution >= 4 is 40.3 Å². The molecule has 0 bridgehead atoms. The predicted octanol–water partition coefficient (Wildman–Crippen LogP) is 2.84. The van der Waals surface area contributed by atoms with Crippen molar-refractivity contribution in [3.63, 3.8) is 0 Å². The van der Waals surface area contributed by atoms with Gasteiger partial charge in [0.2, 0.25) is 5.91 Å². The van der Waals surface area contributed by atoms with E-state index in [4.69, 9.17) is 16.7 Å². The van der Waals surface area contributed by atoms with Gasteiger partial charge in [0.05, 0.1) is 40.2 Å². The second kappa shape index (κ2) is 8.97. The summed E-state index contributed by atoms with van der Waals surface area (Å²) in [7, 11) is 0. The van der Waals surface area contributed by atoms with Gasteiger partial charge in [-0.25, -0.2) is 4.39 Å². The topological polar surface area (TPSA) is 117 Å². The Balaban J connectivity index is 2.07. The first-order chi connectivity index (χ1) is 12.4. The van der Waals surface area contributed by atoms with E-state index >= 15 is 0 Å². The molecule has 0 aliphatic heterocycles. The van der Waals surface area contributed by atoms with E-state index in [9.17, 15) is 19.3 Å². The molecule has 0 fully saturated rings. The molecule has 0 radical (unpaired) electrons. The standard InChI is InChI=1S/C16H16ClFN4O4/c17-12-7-10(18)1-3-13(12)21-16(24)9-20-15-8-11(22(25)26)2-4-14(15)19-5-6-23/h1-4,7-8,19-20,23H,5-6,9H2,(H,21,24). The monoisotopic (exact) mass is 382 g/mol. The van der Waals surface area contributed by atoms with Crippen molar-refractivity contribution in [3.05, 3.63) is 57.4 Å². The van der Waals surface area contributed by atoms with Gasteiger partial charge >= 0.3 is 0 Å². The Morgan fingerprint density at radius 2 is 1.88 bits per heavy atom. The summed E-state index contributed by atoms with van der Waals surface area (Å²) in [5.41, 5.74) is 0.923. The Morgan fingerprint density at radius 3 is 2.54 bits per heavy atom. The summed E-state index contributed by atoms with van der Waals surface area (Å²) < 4.78 is 13.0. The zero-order valence-electron chi connectivity index (χ0n) is 13.5. The lowest BCUT2D eigenvalue weighted by Gasteiger charge is -2.13. The maximum absolute atomic E-state index is 13.0. The fourth-order valence-electron chi connectivity index (χ4n) is 2.10. The molecule has 0 unspecified atom stereocenters. The maximum Gasteiger partial charge on any atom is 0.271 e. The summed E-state index contributed by atoms with van der Waals surface area (Å²) in [4.78, 5) is 22.4. The number of hydrogen-bond acceptors (Lipinski definition) is 6. The van der Waals surface area contributed by atoms with Gasteiger partial charge < -0.3 is 21.1 Å². The molecular formula is C16H16ClFN4O4. The maximum atomic E-state index is 13.0. The van der Waals surface area contributed by atoms with Crippen molar-refractivity contribution in [3.8, 4) is 0 Å². The Morgan fingerprint density at radius 1 is 1.15 bits per heavy atom. The number of carbonyl (C=O) groups is 1. The molecule has 0 aromatic heterocycles. The first-order valence-corrected chi connectivity index (χ1v) is 7.90. The molecule has 0 aliphatic rings. The van der Waals surface area contributed by atoms with E-state index in [1.807, 2.05) is 0 Å². The third kappa shape index (κ3) is 5.30. The van der Waals surface area contributed by atoms with Gasteiger partial charge in [0.15, 0.2) is 0 Å². The predicted molar refractivity (Wildman–Crippen MR) is 97.2 cm³/mol. The number of benzene rings is 2. The number of nitrogens with zero attached hydrogens (tertiary/aromatic N) is 1. The highest BCUT2D eigenvalue weighted by atomic mass is 35.5. The van der Waals surface area contributed by atoms with E-state index in [-0.39, 0.29) is 36.1 Å². The summed E-state index contributed by atoms with van der Waals surface area (Å²) >= 11 is 5.85. The molecule has 138 valence electrons. The second-order valence-electron chi connectivity index (χ2n) is 5.16. The molecule has 26 heavy (non-hydrogen) atoms. The molecule has 4 N–H and O–H groups in total. The van der Waals surface area contributed by atoms with Crippen molar-refractivity contribution in [2.45, 2.75) is 0 Å². The fraction of sp³-hybridized carbons (Fsp3) is 0.188. The minimum atomic E-state index is -0.556. The van der Waals surface area contributed by atoms with Crippen LogP contribution in [-0.4, -0.2) is 35.6 Å². The van der Waals surface area contributed by atoms with Crippen molar-refractivity contribution < 1.29 is 19.2 Å². The lowest BCUT2D eigenvalue weighted by molar-refractivity contribution is -0.384. The molecule has 0 saturated heterocycles. The largest absolute Gasteiger partial charge is 0.395 e. The number of nitrogens with one attached hydrogen (secondary N) is 3. The SMILES string of the molecule is O=C(CNc1cc([N+](=O)[O-])ccc1NCCO)Nc1ccc(F)cc1Cl. The minimum absolute atomic E-state index is 0.0546. The first-order valence-electron chi connectivity index (χ1n) is 7.52. The molecule has 10 heteroatoms. The summed E-state index contributed by atoms with van der Waals surface area (Å²) in [5, 5.41) is 28.1. The highest BCUT2D eigenvalue weighted by Gasteiger charge is 2.12. The number of carbonyl (C=O) groups excluding carboxylic acids is 1. The molecule has 2 aromatic carbocycles. The van der Waals surface area contributed by atoms with Crippen LogP contribution < -0.4 is 16.0 Å². The van der Waals surface area contributed by atoms with E-state index in [2.05, 4.69) is 16.0 Å². The number of nitro groups is 1. The Bertz CT molecular complexity index is 819. The number of non-ortho nitro benzene ring substituents is 1. The summed E-state index contributed by atoms with van der Waals surface area (Å²) in [6.45, 7) is -0.0907. The van der Waals surface area contributed by atoms with Crippen LogP contribution in [0.5, 0.6) is 0 Å². The van der Waals surface area contributed by atoms with Crippen LogP contribution in [0.25, 0.3) is 0 Å². The molecule has 8 nitrogen and oxygen atoms in total. The number of anilines is 3. The number of hydrogen-bond donors (Lipinski definition) is 4. The fourth-order valence-corrected chi connectivity index (χ4v) is 2.31. The van der Waals surface area contributed by atoms with Crippen LogP contribution in [-0.2, 0) is 4.79 Å². The highest BCUT2D eigenvalue weighted by molar-refractivity contribution is 6.33. The van der Waals surface area contributed by atoms with Crippen LogP contribution in [0.2, 0.25) is 5.02 Å². The minimum Gasteiger partial charge on any atom is -0.395 e. The third-order valence-corrected chi connectivity index (χ3v) is 3.60. The normalized spacial score (nSPS) is 10.3. The molecule has 0 saturated carbocycles. The molecule has 2 rings (SSSR count). The average Bonchev–Trinajstić information content (AvgIpc) is 2.60. The molecule has 1 amide bonds. The highest BCUT2D eigenvalue weighted by Crippen LogP contribution is 2.27. The molecular weight excluding hydrogens is 367 g/mol. The number of halogens is 2. The van der Waals surface area contributed by atoms with E-state index in [0.717, 1.165) is 12.1 Å². The summed E-state index contributed by atoms with van der Waals surface area (Å²) in [6, 6.07) is 7.62. The number of rotatable bonds is 8. The molecule has 0 atom stereocenters. The summed E-state index contributed by atoms with van der Waals surface area (Å²) in [5.74, 6) is -1.000. The zero-order chi connectivity index (χ0) is 19.1. The second-order valence-corrected chi connectivity index (χ2v) is 5.57. The van der Waals surface area contributed by atoms with E-state index < -0.39 is 16.6 Å². The Hall–Kier alpha value is -2.91. The first kappa shape index (κ1) is 19.4. The van der Waals surface area contributed by atoms with Crippen molar-refractivity contribution in [2.75, 3.05) is 35.6 Å². The van der Waals surface area contributed by atoms with Gasteiger partial charge in [0.25, 0.3) is 5.69 Å². The van der Waals surface area contributed by atoms with Crippen LogP contribution in [0.4, 0.5) is 27.1 Å². The van der Waals surface area contributed by atoms with Gasteiger partial charge in [-0.05, 0) is 24.3 Å². The van der Waals surface area contributed by atoms with Crippen LogP contribution in [0, 0.1) is 15.9 Å². The van der Waals surface area contributed by atoms with Crippen LogP contribution >= 0.6 is 11.6 Å². The van der Waals surface area contributed by atoms with E-state index in [1.165, 1.54) is 24.3 Å². The van der Waals surface area contributed by atoms with Gasteiger partial charge in [-0.3, -0.25) is 14.9 Å². The number of amides is 1. The van der Waals surface area contributed by atoms with Crippen molar-refractivity contribution in [1.82, 2.24) is 0 Å². The van der Waals surface area contributed by atoms with Crippen LogP contribution in [0.15, 0.2) is 36.4 Å². The van der Waals surface area contributed by atoms with E-state index in [0.29, 0.717) is 11.4 Å². The van der Waals surface area contributed by atoms with Gasteiger partial charge in [-0.2, -0.15) is 0 Å². The molecule has 0 heterocycles. The molecule has 0 aliphatic carbocycles. The average molecular weight is 383 g/mol. The molecule has 0 spiro atoms. The lowest BCUT2D eigenvalue weighted by Crippen LogP contribution is -2.22. The summed E-state index contributed by atoms with van der Waals surface area (Å²) in [6.07, 6.45) is 0. The smallest absolute Gasteiger partial charge is 0.271 e. The van der Waals surface area contributed by atoms with Gasteiger partial charge in [-0.1, -0.05) is 11.6 Å². The Labute approximate surface area is 153 Å². The quantitative estimate of drug-likeness (QED) is 0.412. The number of nitro benzene ring substituents is 1. The van der Waals surface area contributed by atoms with Crippen molar-refractivity contribution in [1.29, 1.82) is 0 Å². The van der Waals surface area contributed by atoms with Crippen LogP contribution in [0.3, 0.4) is 0 Å². The van der Waals surface area contributed by atoms with Gasteiger partial charge in [0.1, 0.15) is 5.82 Å². The molecule has 2 aromatic rings. The van der Waals surface area contributed by atoms with Gasteiger partial charge in [-0.15, -0.1) is 0 Å². The van der Waals surface area contributed by atoms with Gasteiger partial charge in [0, 0.05) is 18.7 Å². The third-order valence-electron chi connectivity index (χ3n) is 3.29. The van der Waals surface area contributed by atoms with Crippen LogP contribution in [0.1, 0.15) is 0 Å². The Kier molecular flexibility index (Phi) is 6.70. The lowest BCUT2D eigenvalue weighted by atomic mass is 10.2. The van der Waals surface area contributed by atoms with E-state index in [1.54, 1.807) is 0 Å². The zero-order valence-corrected chi connectivity index (χ0v) is 14.2. The number of aliphatic hydroxyl groups is 1. The van der Waals surface area contributed by atoms with Crippen molar-refractivity contribution in [2.24, 2.45) is 0 Å².